The molecule has 0 saturated heterocycles. The molecule has 1 heterocycles. The lowest BCUT2D eigenvalue weighted by Gasteiger charge is -2.08. The minimum absolute atomic E-state index is 0.158. The van der Waals surface area contributed by atoms with Gasteiger partial charge in [-0.25, -0.2) is 0 Å². The van der Waals surface area contributed by atoms with Crippen LogP contribution >= 0.6 is 11.6 Å². The minimum atomic E-state index is -0.158. The fourth-order valence-electron chi connectivity index (χ4n) is 2.02. The highest BCUT2D eigenvalue weighted by Crippen LogP contribution is 2.14. The van der Waals surface area contributed by atoms with Gasteiger partial charge in [-0.15, -0.1) is 0 Å². The Balaban J connectivity index is 1.95. The van der Waals surface area contributed by atoms with Gasteiger partial charge in [0.1, 0.15) is 0 Å². The number of hydrogen-bond acceptors (Lipinski definition) is 2. The largest absolute Gasteiger partial charge is 0.350 e. The number of amides is 1. The molecule has 2 aromatic rings. The minimum Gasteiger partial charge on any atom is -0.350 e. The summed E-state index contributed by atoms with van der Waals surface area (Å²) < 4.78 is 1.91. The molecule has 1 N–H and O–H groups in total. The Hall–Kier alpha value is -1.81. The van der Waals surface area contributed by atoms with Gasteiger partial charge in [0.25, 0.3) is 5.91 Å². The molecule has 0 spiro atoms. The topological polar surface area (TPSA) is 46.9 Å². The second-order valence-electron chi connectivity index (χ2n) is 4.75. The average molecular weight is 292 g/mol. The number of aromatic nitrogens is 2. The molecule has 1 aromatic carbocycles. The maximum atomic E-state index is 12.0. The quantitative estimate of drug-likeness (QED) is 0.941. The molecule has 2 rings (SSSR count). The lowest BCUT2D eigenvalue weighted by Crippen LogP contribution is -2.28. The van der Waals surface area contributed by atoms with Crippen LogP contribution in [0.3, 0.4) is 0 Å². The van der Waals surface area contributed by atoms with Gasteiger partial charge in [0.15, 0.2) is 0 Å². The van der Waals surface area contributed by atoms with Crippen molar-refractivity contribution in [1.82, 2.24) is 15.1 Å². The van der Waals surface area contributed by atoms with E-state index in [4.69, 9.17) is 11.6 Å². The summed E-state index contributed by atoms with van der Waals surface area (Å²) in [6.45, 7) is 7.24. The van der Waals surface area contributed by atoms with Gasteiger partial charge in [0.2, 0.25) is 0 Å². The van der Waals surface area contributed by atoms with Crippen molar-refractivity contribution in [3.8, 4) is 0 Å². The molecule has 4 nitrogen and oxygen atoms in total. The van der Waals surface area contributed by atoms with Crippen molar-refractivity contribution < 1.29 is 4.79 Å². The Morgan fingerprint density at radius 1 is 1.30 bits per heavy atom. The van der Waals surface area contributed by atoms with Crippen molar-refractivity contribution in [3.63, 3.8) is 0 Å². The Labute approximate surface area is 123 Å². The number of benzene rings is 1. The van der Waals surface area contributed by atoms with E-state index in [0.29, 0.717) is 23.7 Å². The molecular formula is C15H18ClN3O. The molecular weight excluding hydrogens is 274 g/mol. The first-order valence-corrected chi connectivity index (χ1v) is 6.92. The lowest BCUT2D eigenvalue weighted by atomic mass is 10.2. The fourth-order valence-corrected chi connectivity index (χ4v) is 2.24. The van der Waals surface area contributed by atoms with Crippen LogP contribution in [0.2, 0.25) is 5.02 Å². The molecule has 106 valence electrons. The summed E-state index contributed by atoms with van der Waals surface area (Å²) in [5.74, 6) is -0.158. The van der Waals surface area contributed by atoms with Crippen LogP contribution in [0.1, 0.15) is 27.3 Å². The van der Waals surface area contributed by atoms with Crippen LogP contribution in [0.5, 0.6) is 0 Å². The van der Waals surface area contributed by atoms with Crippen LogP contribution in [-0.4, -0.2) is 22.2 Å². The Morgan fingerprint density at radius 3 is 2.60 bits per heavy atom. The number of halogens is 1. The zero-order valence-corrected chi connectivity index (χ0v) is 12.7. The number of aryl methyl sites for hydroxylation is 1. The van der Waals surface area contributed by atoms with Gasteiger partial charge in [0.05, 0.1) is 22.8 Å². The normalized spacial score (nSPS) is 10.6. The zero-order valence-electron chi connectivity index (χ0n) is 11.9. The van der Waals surface area contributed by atoms with Crippen molar-refractivity contribution in [2.45, 2.75) is 27.3 Å². The van der Waals surface area contributed by atoms with Crippen molar-refractivity contribution in [2.75, 3.05) is 6.54 Å². The Morgan fingerprint density at radius 2 is 2.00 bits per heavy atom. The molecule has 20 heavy (non-hydrogen) atoms. The molecule has 5 heteroatoms. The van der Waals surface area contributed by atoms with Crippen LogP contribution in [0.15, 0.2) is 24.3 Å². The van der Waals surface area contributed by atoms with E-state index in [0.717, 1.165) is 11.4 Å². The SMILES string of the molecule is Cc1nn(CCNC(=O)c2ccccc2Cl)c(C)c1C. The van der Waals surface area contributed by atoms with Crippen molar-refractivity contribution in [1.29, 1.82) is 0 Å². The third-order valence-electron chi connectivity index (χ3n) is 3.47. The standard InChI is InChI=1S/C15H18ClN3O/c1-10-11(2)18-19(12(10)3)9-8-17-15(20)13-6-4-5-7-14(13)16/h4-7H,8-9H2,1-3H3,(H,17,20). The first-order chi connectivity index (χ1) is 9.50. The molecule has 0 aliphatic rings. The molecule has 0 aliphatic carbocycles. The Kier molecular flexibility index (Phi) is 4.45. The van der Waals surface area contributed by atoms with E-state index in [1.54, 1.807) is 24.3 Å². The molecule has 0 unspecified atom stereocenters. The van der Waals surface area contributed by atoms with E-state index >= 15 is 0 Å². The zero-order chi connectivity index (χ0) is 14.7. The highest BCUT2D eigenvalue weighted by Gasteiger charge is 2.10. The van der Waals surface area contributed by atoms with Gasteiger partial charge >= 0.3 is 0 Å². The third kappa shape index (κ3) is 3.02. The second kappa shape index (κ2) is 6.09. The van der Waals surface area contributed by atoms with Crippen LogP contribution in [0.4, 0.5) is 0 Å². The van der Waals surface area contributed by atoms with Gasteiger partial charge in [-0.3, -0.25) is 9.48 Å². The van der Waals surface area contributed by atoms with Gasteiger partial charge in [-0.2, -0.15) is 5.10 Å². The summed E-state index contributed by atoms with van der Waals surface area (Å²) in [5.41, 5.74) is 3.86. The smallest absolute Gasteiger partial charge is 0.252 e. The van der Waals surface area contributed by atoms with Crippen LogP contribution in [0.25, 0.3) is 0 Å². The monoisotopic (exact) mass is 291 g/mol. The van der Waals surface area contributed by atoms with Crippen LogP contribution in [0, 0.1) is 20.8 Å². The molecule has 0 saturated carbocycles. The van der Waals surface area contributed by atoms with Gasteiger partial charge in [0, 0.05) is 12.2 Å². The summed E-state index contributed by atoms with van der Waals surface area (Å²) in [4.78, 5) is 12.0. The maximum absolute atomic E-state index is 12.0. The third-order valence-corrected chi connectivity index (χ3v) is 3.80. The number of nitrogens with zero attached hydrogens (tertiary/aromatic N) is 2. The maximum Gasteiger partial charge on any atom is 0.252 e. The second-order valence-corrected chi connectivity index (χ2v) is 5.16. The van der Waals surface area contributed by atoms with Crippen LogP contribution < -0.4 is 5.32 Å². The molecule has 0 bridgehead atoms. The number of carbonyl (C=O) groups is 1. The molecule has 1 aromatic heterocycles. The van der Waals surface area contributed by atoms with Crippen LogP contribution in [-0.2, 0) is 6.54 Å². The first kappa shape index (κ1) is 14.6. The average Bonchev–Trinajstić information content (AvgIpc) is 2.67. The summed E-state index contributed by atoms with van der Waals surface area (Å²) >= 11 is 5.99. The number of hydrogen-bond donors (Lipinski definition) is 1. The van der Waals surface area contributed by atoms with E-state index in [2.05, 4.69) is 17.3 Å². The predicted octanol–water partition coefficient (Wildman–Crippen LogP) is 2.89. The molecule has 1 amide bonds. The predicted molar refractivity (Wildman–Crippen MR) is 80.2 cm³/mol. The molecule has 0 radical (unpaired) electrons. The summed E-state index contributed by atoms with van der Waals surface area (Å²) in [7, 11) is 0. The van der Waals surface area contributed by atoms with Crippen molar-refractivity contribution in [3.05, 3.63) is 51.8 Å². The van der Waals surface area contributed by atoms with E-state index in [1.165, 1.54) is 5.56 Å². The summed E-state index contributed by atoms with van der Waals surface area (Å²) in [6.07, 6.45) is 0. The highest BCUT2D eigenvalue weighted by molar-refractivity contribution is 6.33. The highest BCUT2D eigenvalue weighted by atomic mass is 35.5. The van der Waals surface area contributed by atoms with E-state index in [-0.39, 0.29) is 5.91 Å². The first-order valence-electron chi connectivity index (χ1n) is 6.54. The molecule has 0 atom stereocenters. The number of nitrogens with one attached hydrogen (secondary N) is 1. The lowest BCUT2D eigenvalue weighted by molar-refractivity contribution is 0.0952. The van der Waals surface area contributed by atoms with Crippen molar-refractivity contribution >= 4 is 17.5 Å². The summed E-state index contributed by atoms with van der Waals surface area (Å²) in [5, 5.41) is 7.76. The number of rotatable bonds is 4. The van der Waals surface area contributed by atoms with E-state index in [9.17, 15) is 4.79 Å². The van der Waals surface area contributed by atoms with Gasteiger partial charge < -0.3 is 5.32 Å². The van der Waals surface area contributed by atoms with E-state index < -0.39 is 0 Å². The van der Waals surface area contributed by atoms with Crippen molar-refractivity contribution in [2.24, 2.45) is 0 Å². The van der Waals surface area contributed by atoms with Gasteiger partial charge in [-0.05, 0) is 38.5 Å². The number of carbonyl (C=O) groups excluding carboxylic acids is 1. The molecule has 0 fully saturated rings. The Bertz CT molecular complexity index is 634. The van der Waals surface area contributed by atoms with E-state index in [1.807, 2.05) is 18.5 Å². The molecule has 0 aliphatic heterocycles. The fraction of sp³-hybridized carbons (Fsp3) is 0.333. The summed E-state index contributed by atoms with van der Waals surface area (Å²) in [6, 6.07) is 7.02. The van der Waals surface area contributed by atoms with Gasteiger partial charge in [-0.1, -0.05) is 23.7 Å².